The van der Waals surface area contributed by atoms with E-state index < -0.39 is 0 Å². The number of carbonyl (C=O) groups is 1. The first kappa shape index (κ1) is 26.1. The lowest BCUT2D eigenvalue weighted by molar-refractivity contribution is 0.0759. The number of amides is 1. The van der Waals surface area contributed by atoms with Gasteiger partial charge in [0.15, 0.2) is 0 Å². The van der Waals surface area contributed by atoms with Crippen LogP contribution in [-0.2, 0) is 19.9 Å². The van der Waals surface area contributed by atoms with E-state index in [4.69, 9.17) is 0 Å². The molecule has 2 aromatic rings. The summed E-state index contributed by atoms with van der Waals surface area (Å²) in [6, 6.07) is 1.98. The third-order valence-corrected chi connectivity index (χ3v) is 6.47. The average Bonchev–Trinajstić information content (AvgIpc) is 2.95. The van der Waals surface area contributed by atoms with Gasteiger partial charge in [0.2, 0.25) is 0 Å². The maximum absolute atomic E-state index is 13.4. The topological polar surface area (TPSA) is 89.2 Å². The molecule has 32 heavy (non-hydrogen) atoms. The first-order valence-corrected chi connectivity index (χ1v) is 10.7. The van der Waals surface area contributed by atoms with Gasteiger partial charge in [-0.15, -0.1) is 24.8 Å². The molecule has 1 amide bonds. The SMILES string of the molecule is Cc1ccn(C2CCNCC2)c(=O)c1C(=O)N1CCc2nc(C)n(C)c(=O)c2CC1.Cl.Cl. The van der Waals surface area contributed by atoms with Crippen LogP contribution in [0.3, 0.4) is 0 Å². The van der Waals surface area contributed by atoms with Crippen LogP contribution in [0.25, 0.3) is 0 Å². The predicted octanol–water partition coefficient (Wildman–Crippen LogP) is 1.57. The molecule has 1 saturated heterocycles. The Morgan fingerprint density at radius 3 is 2.41 bits per heavy atom. The van der Waals surface area contributed by atoms with Crippen molar-refractivity contribution in [3.8, 4) is 0 Å². The average molecular weight is 484 g/mol. The predicted molar refractivity (Wildman–Crippen MR) is 129 cm³/mol. The van der Waals surface area contributed by atoms with Crippen LogP contribution in [0.5, 0.6) is 0 Å². The number of nitrogens with zero attached hydrogens (tertiary/aromatic N) is 4. The van der Waals surface area contributed by atoms with Crippen LogP contribution in [0.15, 0.2) is 21.9 Å². The van der Waals surface area contributed by atoms with Crippen molar-refractivity contribution in [2.24, 2.45) is 7.05 Å². The van der Waals surface area contributed by atoms with Gasteiger partial charge < -0.3 is 14.8 Å². The number of hydrogen-bond acceptors (Lipinski definition) is 5. The molecule has 0 aliphatic carbocycles. The quantitative estimate of drug-likeness (QED) is 0.699. The Labute approximate surface area is 199 Å². The molecule has 2 aliphatic rings. The van der Waals surface area contributed by atoms with Gasteiger partial charge in [-0.1, -0.05) is 0 Å². The highest BCUT2D eigenvalue weighted by Gasteiger charge is 2.27. The molecular formula is C22H31Cl2N5O3. The molecule has 4 rings (SSSR count). The summed E-state index contributed by atoms with van der Waals surface area (Å²) < 4.78 is 3.28. The maximum atomic E-state index is 13.4. The van der Waals surface area contributed by atoms with Crippen LogP contribution in [0.4, 0.5) is 0 Å². The highest BCUT2D eigenvalue weighted by atomic mass is 35.5. The Morgan fingerprint density at radius 2 is 1.72 bits per heavy atom. The summed E-state index contributed by atoms with van der Waals surface area (Å²) in [5.74, 6) is 0.421. The highest BCUT2D eigenvalue weighted by Crippen LogP contribution is 2.19. The summed E-state index contributed by atoms with van der Waals surface area (Å²) in [6.45, 7) is 6.24. The molecule has 176 valence electrons. The number of piperidine rings is 1. The van der Waals surface area contributed by atoms with Gasteiger partial charge in [-0.25, -0.2) is 4.98 Å². The van der Waals surface area contributed by atoms with Crippen molar-refractivity contribution in [3.05, 3.63) is 61.2 Å². The number of fused-ring (bicyclic) bond motifs is 1. The Hall–Kier alpha value is -2.16. The lowest BCUT2D eigenvalue weighted by atomic mass is 10.0. The summed E-state index contributed by atoms with van der Waals surface area (Å²) in [5.41, 5.74) is 2.13. The van der Waals surface area contributed by atoms with Crippen LogP contribution in [-0.4, -0.2) is 51.1 Å². The second kappa shape index (κ2) is 10.6. The van der Waals surface area contributed by atoms with Gasteiger partial charge in [0.05, 0.1) is 5.69 Å². The standard InChI is InChI=1S/C22H29N5O3.2ClH/c1-14-6-13-27(16-4-9-23-10-5-16)22(30)19(14)21(29)26-11-7-17-18(8-12-26)24-15(2)25(3)20(17)28;;/h6,13,16,23H,4-5,7-12H2,1-3H3;2*1H. The van der Waals surface area contributed by atoms with Crippen LogP contribution >= 0.6 is 24.8 Å². The summed E-state index contributed by atoms with van der Waals surface area (Å²) in [7, 11) is 1.72. The molecule has 0 radical (unpaired) electrons. The van der Waals surface area contributed by atoms with E-state index in [0.29, 0.717) is 42.9 Å². The zero-order chi connectivity index (χ0) is 21.4. The molecule has 0 aromatic carbocycles. The van der Waals surface area contributed by atoms with Crippen molar-refractivity contribution in [2.75, 3.05) is 26.2 Å². The van der Waals surface area contributed by atoms with Gasteiger partial charge >= 0.3 is 0 Å². The third-order valence-electron chi connectivity index (χ3n) is 6.47. The van der Waals surface area contributed by atoms with E-state index in [1.807, 2.05) is 26.1 Å². The van der Waals surface area contributed by atoms with Gasteiger partial charge in [0.25, 0.3) is 17.0 Å². The lowest BCUT2D eigenvalue weighted by Crippen LogP contribution is -2.41. The molecule has 2 aliphatic heterocycles. The van der Waals surface area contributed by atoms with Crippen LogP contribution < -0.4 is 16.4 Å². The number of rotatable bonds is 2. The molecular weight excluding hydrogens is 453 g/mol. The summed E-state index contributed by atoms with van der Waals surface area (Å²) >= 11 is 0. The molecule has 1 fully saturated rings. The molecule has 0 unspecified atom stereocenters. The van der Waals surface area contributed by atoms with Gasteiger partial charge in [0.1, 0.15) is 11.4 Å². The number of aryl methyl sites for hydroxylation is 2. The molecule has 0 bridgehead atoms. The maximum Gasteiger partial charge on any atom is 0.263 e. The number of halogens is 2. The largest absolute Gasteiger partial charge is 0.338 e. The van der Waals surface area contributed by atoms with Crippen LogP contribution in [0.1, 0.15) is 51.9 Å². The molecule has 1 N–H and O–H groups in total. The Kier molecular flexibility index (Phi) is 8.67. The first-order valence-electron chi connectivity index (χ1n) is 10.7. The highest BCUT2D eigenvalue weighted by molar-refractivity contribution is 5.95. The fraction of sp³-hybridized carbons (Fsp3) is 0.545. The van der Waals surface area contributed by atoms with Crippen molar-refractivity contribution >= 4 is 30.7 Å². The number of aromatic nitrogens is 3. The summed E-state index contributed by atoms with van der Waals surface area (Å²) in [4.78, 5) is 45.5. The zero-order valence-electron chi connectivity index (χ0n) is 18.7. The van der Waals surface area contributed by atoms with Crippen molar-refractivity contribution in [1.29, 1.82) is 0 Å². The van der Waals surface area contributed by atoms with Gasteiger partial charge in [0, 0.05) is 44.4 Å². The fourth-order valence-corrected chi connectivity index (χ4v) is 4.50. The summed E-state index contributed by atoms with van der Waals surface area (Å²) in [6.07, 6.45) is 4.55. The minimum atomic E-state index is -0.248. The molecule has 0 spiro atoms. The van der Waals surface area contributed by atoms with E-state index in [1.54, 1.807) is 21.1 Å². The van der Waals surface area contributed by atoms with Crippen LogP contribution in [0.2, 0.25) is 0 Å². The number of nitrogens with one attached hydrogen (secondary N) is 1. The van der Waals surface area contributed by atoms with E-state index in [1.165, 1.54) is 0 Å². The van der Waals surface area contributed by atoms with Gasteiger partial charge in [-0.2, -0.15) is 0 Å². The Morgan fingerprint density at radius 1 is 1.06 bits per heavy atom. The van der Waals surface area contributed by atoms with E-state index in [0.717, 1.165) is 31.6 Å². The third kappa shape index (κ3) is 4.77. The second-order valence-electron chi connectivity index (χ2n) is 8.31. The first-order chi connectivity index (χ1) is 14.4. The fourth-order valence-electron chi connectivity index (χ4n) is 4.50. The molecule has 0 saturated carbocycles. The van der Waals surface area contributed by atoms with Gasteiger partial charge in [-0.3, -0.25) is 19.0 Å². The molecule has 4 heterocycles. The second-order valence-corrected chi connectivity index (χ2v) is 8.31. The van der Waals surface area contributed by atoms with E-state index in [-0.39, 0.29) is 53.4 Å². The molecule has 2 aromatic heterocycles. The zero-order valence-corrected chi connectivity index (χ0v) is 20.4. The van der Waals surface area contributed by atoms with Crippen molar-refractivity contribution in [2.45, 2.75) is 45.6 Å². The van der Waals surface area contributed by atoms with Gasteiger partial charge in [-0.05, 0) is 57.8 Å². The van der Waals surface area contributed by atoms with Crippen molar-refractivity contribution in [1.82, 2.24) is 24.3 Å². The van der Waals surface area contributed by atoms with Crippen LogP contribution in [0, 0.1) is 13.8 Å². The molecule has 0 atom stereocenters. The van der Waals surface area contributed by atoms with E-state index in [9.17, 15) is 14.4 Å². The smallest absolute Gasteiger partial charge is 0.263 e. The number of pyridine rings is 1. The summed E-state index contributed by atoms with van der Waals surface area (Å²) in [5, 5.41) is 3.31. The van der Waals surface area contributed by atoms with Crippen molar-refractivity contribution < 1.29 is 4.79 Å². The number of hydrogen-bond donors (Lipinski definition) is 1. The molecule has 10 heteroatoms. The normalized spacial score (nSPS) is 16.4. The minimum absolute atomic E-state index is 0. The Bertz CT molecular complexity index is 1110. The number of carbonyl (C=O) groups excluding carboxylic acids is 1. The lowest BCUT2D eigenvalue weighted by Gasteiger charge is -2.26. The van der Waals surface area contributed by atoms with E-state index in [2.05, 4.69) is 10.3 Å². The minimum Gasteiger partial charge on any atom is -0.338 e. The monoisotopic (exact) mass is 483 g/mol. The Balaban J connectivity index is 0.00000181. The molecule has 8 nitrogen and oxygen atoms in total. The van der Waals surface area contributed by atoms with Crippen molar-refractivity contribution in [3.63, 3.8) is 0 Å². The van der Waals surface area contributed by atoms with E-state index >= 15 is 0 Å².